The van der Waals surface area contributed by atoms with Gasteiger partial charge in [0.15, 0.2) is 6.61 Å². The van der Waals surface area contributed by atoms with Gasteiger partial charge in [-0.2, -0.15) is 0 Å². The number of nitrogens with zero attached hydrogens (tertiary/aromatic N) is 1. The van der Waals surface area contributed by atoms with E-state index in [4.69, 9.17) is 9.84 Å². The van der Waals surface area contributed by atoms with E-state index in [-0.39, 0.29) is 19.1 Å². The number of carbonyl (C=O) groups is 1. The number of ether oxygens (including phenoxy) is 1. The molecule has 0 aliphatic rings. The van der Waals surface area contributed by atoms with Gasteiger partial charge in [-0.15, -0.1) is 0 Å². The maximum atomic E-state index is 11.9. The van der Waals surface area contributed by atoms with E-state index >= 15 is 0 Å². The standard InChI is InChI=1S/C16H18N2O3/c1-11-5-3-6-12(2)16(11)21-10-15(20)18-14-8-4-7-13(9-19)17-14/h3-8,19H,9-10H2,1-2H3,(H,17,18,20). The van der Waals surface area contributed by atoms with E-state index in [1.165, 1.54) is 0 Å². The zero-order chi connectivity index (χ0) is 15.2. The van der Waals surface area contributed by atoms with E-state index in [1.54, 1.807) is 18.2 Å². The molecule has 1 heterocycles. The van der Waals surface area contributed by atoms with Crippen LogP contribution in [0.4, 0.5) is 5.82 Å². The SMILES string of the molecule is Cc1cccc(C)c1OCC(=O)Nc1cccc(CO)n1. The van der Waals surface area contributed by atoms with E-state index in [2.05, 4.69) is 10.3 Å². The van der Waals surface area contributed by atoms with Crippen LogP contribution in [0.2, 0.25) is 0 Å². The molecule has 0 atom stereocenters. The summed E-state index contributed by atoms with van der Waals surface area (Å²) in [6.45, 7) is 3.62. The van der Waals surface area contributed by atoms with Gasteiger partial charge in [-0.25, -0.2) is 4.98 Å². The van der Waals surface area contributed by atoms with Crippen LogP contribution in [-0.2, 0) is 11.4 Å². The summed E-state index contributed by atoms with van der Waals surface area (Å²) in [5.41, 5.74) is 2.48. The molecule has 0 bridgehead atoms. The van der Waals surface area contributed by atoms with Crippen LogP contribution in [-0.4, -0.2) is 22.6 Å². The summed E-state index contributed by atoms with van der Waals surface area (Å²) in [4.78, 5) is 16.0. The number of rotatable bonds is 5. The third-order valence-electron chi connectivity index (χ3n) is 2.99. The first-order valence-corrected chi connectivity index (χ1v) is 6.66. The van der Waals surface area contributed by atoms with E-state index in [0.717, 1.165) is 16.9 Å². The van der Waals surface area contributed by atoms with Gasteiger partial charge in [0.25, 0.3) is 5.91 Å². The third kappa shape index (κ3) is 4.03. The molecule has 0 saturated heterocycles. The Morgan fingerprint density at radius 3 is 2.52 bits per heavy atom. The predicted octanol–water partition coefficient (Wildman–Crippen LogP) is 2.21. The highest BCUT2D eigenvalue weighted by molar-refractivity contribution is 5.91. The number of hydrogen-bond acceptors (Lipinski definition) is 4. The van der Waals surface area contributed by atoms with Crippen LogP contribution in [0.1, 0.15) is 16.8 Å². The first-order valence-electron chi connectivity index (χ1n) is 6.66. The lowest BCUT2D eigenvalue weighted by Crippen LogP contribution is -2.21. The van der Waals surface area contributed by atoms with Crippen molar-refractivity contribution in [2.75, 3.05) is 11.9 Å². The number of pyridine rings is 1. The van der Waals surface area contributed by atoms with Crippen LogP contribution in [0.25, 0.3) is 0 Å². The fraction of sp³-hybridized carbons (Fsp3) is 0.250. The molecule has 2 rings (SSSR count). The number of carbonyl (C=O) groups excluding carboxylic acids is 1. The Morgan fingerprint density at radius 2 is 1.86 bits per heavy atom. The topological polar surface area (TPSA) is 71.5 Å². The van der Waals surface area contributed by atoms with Gasteiger partial charge in [0.05, 0.1) is 12.3 Å². The predicted molar refractivity (Wildman–Crippen MR) is 80.2 cm³/mol. The van der Waals surface area contributed by atoms with Crippen molar-refractivity contribution in [2.45, 2.75) is 20.5 Å². The summed E-state index contributed by atoms with van der Waals surface area (Å²) >= 11 is 0. The van der Waals surface area contributed by atoms with Crippen LogP contribution in [0.3, 0.4) is 0 Å². The Hall–Kier alpha value is -2.40. The van der Waals surface area contributed by atoms with Gasteiger partial charge in [-0.3, -0.25) is 4.79 Å². The van der Waals surface area contributed by atoms with Gasteiger partial charge in [-0.1, -0.05) is 24.3 Å². The fourth-order valence-electron chi connectivity index (χ4n) is 1.98. The van der Waals surface area contributed by atoms with Crippen molar-refractivity contribution in [1.82, 2.24) is 4.98 Å². The number of hydrogen-bond donors (Lipinski definition) is 2. The molecule has 2 aromatic rings. The molecule has 5 heteroatoms. The first-order chi connectivity index (χ1) is 10.1. The van der Waals surface area contributed by atoms with Gasteiger partial charge in [0.1, 0.15) is 11.6 Å². The number of aliphatic hydroxyl groups excluding tert-OH is 1. The van der Waals surface area contributed by atoms with E-state index in [1.807, 2.05) is 32.0 Å². The summed E-state index contributed by atoms with van der Waals surface area (Å²) in [5.74, 6) is 0.835. The smallest absolute Gasteiger partial charge is 0.263 e. The quantitative estimate of drug-likeness (QED) is 0.884. The van der Waals surface area contributed by atoms with Crippen molar-refractivity contribution in [2.24, 2.45) is 0 Å². The van der Waals surface area contributed by atoms with Crippen LogP contribution < -0.4 is 10.1 Å². The molecule has 0 aliphatic carbocycles. The van der Waals surface area contributed by atoms with Gasteiger partial charge >= 0.3 is 0 Å². The minimum atomic E-state index is -0.291. The number of aliphatic hydroxyl groups is 1. The van der Waals surface area contributed by atoms with E-state index in [9.17, 15) is 4.79 Å². The van der Waals surface area contributed by atoms with Crippen molar-refractivity contribution < 1.29 is 14.6 Å². The number of para-hydroxylation sites is 1. The maximum absolute atomic E-state index is 11.9. The molecule has 0 saturated carbocycles. The van der Waals surface area contributed by atoms with Crippen molar-refractivity contribution >= 4 is 11.7 Å². The normalized spacial score (nSPS) is 10.2. The molecule has 0 radical (unpaired) electrons. The number of aryl methyl sites for hydroxylation is 2. The summed E-state index contributed by atoms with van der Waals surface area (Å²) in [7, 11) is 0. The number of nitrogens with one attached hydrogen (secondary N) is 1. The molecule has 1 amide bonds. The summed E-state index contributed by atoms with van der Waals surface area (Å²) in [6, 6.07) is 10.9. The fourth-order valence-corrected chi connectivity index (χ4v) is 1.98. The lowest BCUT2D eigenvalue weighted by molar-refractivity contribution is -0.118. The number of aromatic nitrogens is 1. The monoisotopic (exact) mass is 286 g/mol. The molecule has 0 spiro atoms. The Morgan fingerprint density at radius 1 is 1.19 bits per heavy atom. The second kappa shape index (κ2) is 6.85. The largest absolute Gasteiger partial charge is 0.483 e. The third-order valence-corrected chi connectivity index (χ3v) is 2.99. The minimum Gasteiger partial charge on any atom is -0.483 e. The van der Waals surface area contributed by atoms with Gasteiger partial charge in [0, 0.05) is 0 Å². The number of anilines is 1. The van der Waals surface area contributed by atoms with Crippen LogP contribution in [0.5, 0.6) is 5.75 Å². The zero-order valence-electron chi connectivity index (χ0n) is 12.1. The molecular formula is C16H18N2O3. The molecule has 0 aliphatic heterocycles. The van der Waals surface area contributed by atoms with Crippen molar-refractivity contribution in [3.8, 4) is 5.75 Å². The molecule has 0 fully saturated rings. The molecular weight excluding hydrogens is 268 g/mol. The summed E-state index contributed by atoms with van der Waals surface area (Å²) in [6.07, 6.45) is 0. The van der Waals surface area contributed by atoms with Crippen molar-refractivity contribution in [3.63, 3.8) is 0 Å². The Labute approximate surface area is 123 Å². The molecule has 21 heavy (non-hydrogen) atoms. The van der Waals surface area contributed by atoms with Gasteiger partial charge in [0.2, 0.25) is 0 Å². The zero-order valence-corrected chi connectivity index (χ0v) is 12.1. The molecule has 110 valence electrons. The summed E-state index contributed by atoms with van der Waals surface area (Å²) in [5, 5.41) is 11.6. The lowest BCUT2D eigenvalue weighted by atomic mass is 10.1. The first kappa shape index (κ1) is 15.0. The molecule has 0 unspecified atom stereocenters. The highest BCUT2D eigenvalue weighted by Gasteiger charge is 2.08. The average molecular weight is 286 g/mol. The minimum absolute atomic E-state index is 0.0866. The molecule has 2 N–H and O–H groups in total. The van der Waals surface area contributed by atoms with Crippen LogP contribution >= 0.6 is 0 Å². The van der Waals surface area contributed by atoms with E-state index in [0.29, 0.717) is 11.5 Å². The van der Waals surface area contributed by atoms with Gasteiger partial charge < -0.3 is 15.2 Å². The van der Waals surface area contributed by atoms with Crippen molar-refractivity contribution in [1.29, 1.82) is 0 Å². The number of amides is 1. The van der Waals surface area contributed by atoms with Crippen LogP contribution in [0, 0.1) is 13.8 Å². The Balaban J connectivity index is 1.96. The number of benzene rings is 1. The summed E-state index contributed by atoms with van der Waals surface area (Å²) < 4.78 is 5.57. The Bertz CT molecular complexity index is 621. The average Bonchev–Trinajstić information content (AvgIpc) is 2.47. The highest BCUT2D eigenvalue weighted by Crippen LogP contribution is 2.22. The molecule has 1 aromatic carbocycles. The van der Waals surface area contributed by atoms with Crippen molar-refractivity contribution in [3.05, 3.63) is 53.2 Å². The maximum Gasteiger partial charge on any atom is 0.263 e. The molecule has 5 nitrogen and oxygen atoms in total. The second-order valence-corrected chi connectivity index (χ2v) is 4.73. The second-order valence-electron chi connectivity index (χ2n) is 4.73. The molecule has 1 aromatic heterocycles. The van der Waals surface area contributed by atoms with E-state index < -0.39 is 0 Å². The lowest BCUT2D eigenvalue weighted by Gasteiger charge is -2.11. The Kier molecular flexibility index (Phi) is 4.90. The van der Waals surface area contributed by atoms with Gasteiger partial charge in [-0.05, 0) is 37.1 Å². The highest BCUT2D eigenvalue weighted by atomic mass is 16.5. The van der Waals surface area contributed by atoms with Crippen LogP contribution in [0.15, 0.2) is 36.4 Å².